The maximum Gasteiger partial charge on any atom is 0.326 e. The Morgan fingerprint density at radius 3 is 2.25 bits per heavy atom. The summed E-state index contributed by atoms with van der Waals surface area (Å²) < 4.78 is 1.76. The van der Waals surface area contributed by atoms with Gasteiger partial charge in [-0.15, -0.1) is 10.2 Å². The number of hydrogen-bond acceptors (Lipinski definition) is 9. The average Bonchev–Trinajstić information content (AvgIpc) is 3.98. The fourth-order valence-corrected chi connectivity index (χ4v) is 7.82. The monoisotopic (exact) mass is 796 g/mol. The molecule has 2 atom stereocenters. The second kappa shape index (κ2) is 18.2. The van der Waals surface area contributed by atoms with E-state index in [4.69, 9.17) is 11.6 Å². The van der Waals surface area contributed by atoms with Crippen molar-refractivity contribution >= 4 is 35.4 Å². The van der Waals surface area contributed by atoms with Gasteiger partial charge in [-0.1, -0.05) is 98.5 Å². The van der Waals surface area contributed by atoms with E-state index in [-0.39, 0.29) is 42.5 Å². The number of imidazole rings is 1. The number of phenols is 1. The first-order valence-corrected chi connectivity index (χ1v) is 19.4. The molecule has 1 saturated carbocycles. The number of carbonyl (C=O) groups is 4. The minimum atomic E-state index is -1.27. The molecule has 1 aliphatic rings. The predicted molar refractivity (Wildman–Crippen MR) is 210 cm³/mol. The normalized spacial score (nSPS) is 14.5. The van der Waals surface area contributed by atoms with E-state index in [0.29, 0.717) is 49.3 Å². The van der Waals surface area contributed by atoms with Crippen LogP contribution in [0.5, 0.6) is 5.75 Å². The number of nitrogens with zero attached hydrogens (tertiary/aromatic N) is 5. The zero-order chi connectivity index (χ0) is 40.5. The van der Waals surface area contributed by atoms with Gasteiger partial charge in [-0.25, -0.2) is 9.78 Å². The third-order valence-electron chi connectivity index (χ3n) is 10.6. The molecule has 1 fully saturated rings. The number of carboxylic acid groups (broad SMARTS) is 2. The van der Waals surface area contributed by atoms with Gasteiger partial charge in [-0.05, 0) is 65.3 Å². The Balaban J connectivity index is 1.18. The first kappa shape index (κ1) is 40.6. The second-order valence-corrected chi connectivity index (χ2v) is 14.9. The number of phenolic OH excluding ortho intramolecular Hbond substituents is 1. The van der Waals surface area contributed by atoms with Crippen molar-refractivity contribution in [2.75, 3.05) is 6.54 Å². The van der Waals surface area contributed by atoms with Gasteiger partial charge in [-0.2, -0.15) is 5.21 Å². The number of carboxylic acids is 2. The van der Waals surface area contributed by atoms with Gasteiger partial charge in [-0.3, -0.25) is 14.4 Å². The van der Waals surface area contributed by atoms with E-state index < -0.39 is 41.1 Å². The molecule has 1 aliphatic carbocycles. The van der Waals surface area contributed by atoms with Crippen LogP contribution in [0.15, 0.2) is 72.8 Å². The third-order valence-corrected chi connectivity index (χ3v) is 10.9. The van der Waals surface area contributed by atoms with Crippen molar-refractivity contribution in [2.45, 2.75) is 77.3 Å². The number of unbranched alkanes of at least 4 members (excludes halogenated alkanes) is 1. The van der Waals surface area contributed by atoms with Crippen molar-refractivity contribution in [1.29, 1.82) is 0 Å². The summed E-state index contributed by atoms with van der Waals surface area (Å²) in [6.45, 7) is 2.03. The van der Waals surface area contributed by atoms with Crippen molar-refractivity contribution in [3.8, 4) is 28.3 Å². The van der Waals surface area contributed by atoms with E-state index in [0.717, 1.165) is 35.1 Å². The van der Waals surface area contributed by atoms with Crippen LogP contribution in [-0.2, 0) is 33.8 Å². The summed E-state index contributed by atoms with van der Waals surface area (Å²) in [6.07, 6.45) is 4.24. The van der Waals surface area contributed by atoms with Gasteiger partial charge >= 0.3 is 11.9 Å². The first-order chi connectivity index (χ1) is 27.5. The molecule has 0 bridgehead atoms. The van der Waals surface area contributed by atoms with E-state index in [1.807, 2.05) is 48.5 Å². The second-order valence-electron chi connectivity index (χ2n) is 14.5. The summed E-state index contributed by atoms with van der Waals surface area (Å²) in [5.41, 5.74) is 3.10. The van der Waals surface area contributed by atoms with Gasteiger partial charge in [0.15, 0.2) is 5.15 Å². The van der Waals surface area contributed by atoms with Crippen LogP contribution in [0.4, 0.5) is 0 Å². The molecule has 1 unspecified atom stereocenters. The van der Waals surface area contributed by atoms with Crippen LogP contribution in [-0.4, -0.2) is 81.8 Å². The van der Waals surface area contributed by atoms with Gasteiger partial charge in [0.1, 0.15) is 23.3 Å². The number of aromatic nitrogens is 6. The molecule has 15 nitrogen and oxygen atoms in total. The van der Waals surface area contributed by atoms with Gasteiger partial charge < -0.3 is 30.5 Å². The lowest BCUT2D eigenvalue weighted by molar-refractivity contribution is -0.147. The number of halogens is 1. The molecule has 0 aliphatic heterocycles. The van der Waals surface area contributed by atoms with Crippen LogP contribution in [0.25, 0.3) is 22.5 Å². The summed E-state index contributed by atoms with van der Waals surface area (Å²) in [5.74, 6) is -3.60. The Bertz CT molecular complexity index is 2180. The van der Waals surface area contributed by atoms with Crippen molar-refractivity contribution in [2.24, 2.45) is 11.3 Å². The van der Waals surface area contributed by atoms with E-state index in [1.165, 1.54) is 12.1 Å². The maximum atomic E-state index is 13.9. The molecule has 3 aromatic carbocycles. The Labute approximate surface area is 333 Å². The van der Waals surface area contributed by atoms with Crippen molar-refractivity contribution < 1.29 is 34.5 Å². The molecule has 0 saturated heterocycles. The molecule has 57 heavy (non-hydrogen) atoms. The van der Waals surface area contributed by atoms with Gasteiger partial charge in [0, 0.05) is 31.5 Å². The molecule has 16 heteroatoms. The number of aromatic hydroxyl groups is 1. The van der Waals surface area contributed by atoms with E-state index >= 15 is 0 Å². The number of benzene rings is 3. The Morgan fingerprint density at radius 1 is 0.930 bits per heavy atom. The fourth-order valence-electron chi connectivity index (χ4n) is 7.53. The lowest BCUT2D eigenvalue weighted by Gasteiger charge is -2.32. The number of aryl methyl sites for hydroxylation is 1. The standard InChI is InChI=1S/C41H45ClN8O7/c1-2-3-10-33-45-35(42)34(50(33)24-26-11-15-27(16-12-26)30-8-4-5-9-31(30)36-46-48-49-47-36)37(52)43-23-28(38(53)54)22-41(19-6-7-20-41)40(57)44-32(39(55)56)21-25-13-17-29(51)18-14-25/h4-5,8-9,11-18,28,32,51H,2-3,6-7,10,19-24H2,1H3,(H,43,52)(H,44,57)(H,53,54)(H,55,56)(H,46,47,48,49)/t28?,32-/m0/s1. The molecule has 298 valence electrons. The van der Waals surface area contributed by atoms with Gasteiger partial charge in [0.25, 0.3) is 5.91 Å². The van der Waals surface area contributed by atoms with E-state index in [9.17, 15) is 34.5 Å². The maximum absolute atomic E-state index is 13.9. The van der Waals surface area contributed by atoms with Crippen LogP contribution in [0.3, 0.4) is 0 Å². The molecule has 2 amide bonds. The predicted octanol–water partition coefficient (Wildman–Crippen LogP) is 5.67. The smallest absolute Gasteiger partial charge is 0.326 e. The lowest BCUT2D eigenvalue weighted by Crippen LogP contribution is -2.50. The highest BCUT2D eigenvalue weighted by Gasteiger charge is 2.45. The zero-order valence-electron chi connectivity index (χ0n) is 31.4. The summed E-state index contributed by atoms with van der Waals surface area (Å²) in [7, 11) is 0. The molecule has 5 aromatic rings. The van der Waals surface area contributed by atoms with Crippen LogP contribution in [0, 0.1) is 11.3 Å². The quantitative estimate of drug-likeness (QED) is 0.0633. The van der Waals surface area contributed by atoms with Gasteiger partial charge in [0.2, 0.25) is 11.7 Å². The number of aromatic amines is 1. The molecule has 2 aromatic heterocycles. The largest absolute Gasteiger partial charge is 0.508 e. The number of amides is 2. The van der Waals surface area contributed by atoms with Crippen molar-refractivity contribution in [1.82, 2.24) is 40.8 Å². The van der Waals surface area contributed by atoms with E-state index in [1.54, 1.807) is 16.7 Å². The highest BCUT2D eigenvalue weighted by atomic mass is 35.5. The highest BCUT2D eigenvalue weighted by Crippen LogP contribution is 2.44. The molecule has 6 rings (SSSR count). The first-order valence-electron chi connectivity index (χ1n) is 19.0. The SMILES string of the molecule is CCCCc1nc(Cl)c(C(=O)NCC(CC2(C(=O)N[C@@H](Cc3ccc(O)cc3)C(=O)O)CCCC2)C(=O)O)n1Cc1ccc(-c2ccccc2-c2nn[nH]n2)cc1. The summed E-state index contributed by atoms with van der Waals surface area (Å²) in [5, 5.41) is 49.7. The van der Waals surface area contributed by atoms with E-state index in [2.05, 4.69) is 43.2 Å². The van der Waals surface area contributed by atoms with Crippen LogP contribution in [0.1, 0.15) is 79.3 Å². The number of carbonyl (C=O) groups excluding carboxylic acids is 2. The fraction of sp³-hybridized carbons (Fsp3) is 0.366. The van der Waals surface area contributed by atoms with Crippen molar-refractivity contribution in [3.05, 3.63) is 101 Å². The number of hydrogen-bond donors (Lipinski definition) is 6. The topological polar surface area (TPSA) is 225 Å². The number of rotatable bonds is 18. The summed E-state index contributed by atoms with van der Waals surface area (Å²) in [6, 6.07) is 20.3. The number of H-pyrrole nitrogens is 1. The number of nitrogens with one attached hydrogen (secondary N) is 3. The van der Waals surface area contributed by atoms with Crippen LogP contribution >= 0.6 is 11.6 Å². The lowest BCUT2D eigenvalue weighted by atomic mass is 9.76. The van der Waals surface area contributed by atoms with Crippen molar-refractivity contribution in [3.63, 3.8) is 0 Å². The number of tetrazole rings is 1. The highest BCUT2D eigenvalue weighted by molar-refractivity contribution is 6.32. The number of aliphatic carboxylic acids is 2. The summed E-state index contributed by atoms with van der Waals surface area (Å²) >= 11 is 6.64. The van der Waals surface area contributed by atoms with Crippen LogP contribution < -0.4 is 10.6 Å². The average molecular weight is 797 g/mol. The minimum Gasteiger partial charge on any atom is -0.508 e. The van der Waals surface area contributed by atoms with Gasteiger partial charge in [0.05, 0.1) is 11.3 Å². The molecule has 0 spiro atoms. The molecule has 6 N–H and O–H groups in total. The Kier molecular flexibility index (Phi) is 13.0. The molecule has 2 heterocycles. The Morgan fingerprint density at radius 2 is 1.61 bits per heavy atom. The minimum absolute atomic E-state index is 0.00359. The summed E-state index contributed by atoms with van der Waals surface area (Å²) in [4.78, 5) is 57.1. The third kappa shape index (κ3) is 9.66. The molecular formula is C41H45ClN8O7. The zero-order valence-corrected chi connectivity index (χ0v) is 32.2. The van der Waals surface area contributed by atoms with Crippen LogP contribution in [0.2, 0.25) is 5.15 Å². The Hall–Kier alpha value is -6.09. The molecule has 0 radical (unpaired) electrons. The molecular weight excluding hydrogens is 752 g/mol.